The van der Waals surface area contributed by atoms with Gasteiger partial charge in [-0.25, -0.2) is 0 Å². The van der Waals surface area contributed by atoms with Gasteiger partial charge in [-0.2, -0.15) is 11.8 Å². The normalized spacial score (nSPS) is 10.2. The average Bonchev–Trinajstić information content (AvgIpc) is 2.34. The molecule has 0 spiro atoms. The van der Waals surface area contributed by atoms with E-state index in [1.165, 1.54) is 5.56 Å². The summed E-state index contributed by atoms with van der Waals surface area (Å²) in [6.07, 6.45) is 0.845. The maximum Gasteiger partial charge on any atom is 0.161 e. The van der Waals surface area contributed by atoms with Gasteiger partial charge in [0.2, 0.25) is 0 Å². The van der Waals surface area contributed by atoms with Crippen molar-refractivity contribution in [3.05, 3.63) is 23.8 Å². The number of rotatable bonds is 7. The molecule has 0 aliphatic carbocycles. The second-order valence-electron chi connectivity index (χ2n) is 3.32. The van der Waals surface area contributed by atoms with Crippen LogP contribution in [0.5, 0.6) is 11.5 Å². The van der Waals surface area contributed by atoms with Gasteiger partial charge in [0, 0.05) is 12.4 Å². The molecule has 0 heterocycles. The molecule has 0 aromatic heterocycles. The van der Waals surface area contributed by atoms with Crippen LogP contribution in [0.3, 0.4) is 0 Å². The maximum absolute atomic E-state index is 8.66. The summed E-state index contributed by atoms with van der Waals surface area (Å²) < 4.78 is 10.4. The van der Waals surface area contributed by atoms with Crippen molar-refractivity contribution < 1.29 is 14.6 Å². The van der Waals surface area contributed by atoms with E-state index in [1.807, 2.05) is 30.0 Å². The Morgan fingerprint density at radius 1 is 1.19 bits per heavy atom. The smallest absolute Gasteiger partial charge is 0.161 e. The van der Waals surface area contributed by atoms with Crippen LogP contribution >= 0.6 is 11.8 Å². The quantitative estimate of drug-likeness (QED) is 0.745. The molecule has 1 aromatic carbocycles. The molecule has 0 aliphatic heterocycles. The van der Waals surface area contributed by atoms with Crippen molar-refractivity contribution in [2.75, 3.05) is 26.6 Å². The highest BCUT2D eigenvalue weighted by Gasteiger charge is 2.04. The van der Waals surface area contributed by atoms with Gasteiger partial charge in [-0.1, -0.05) is 6.07 Å². The van der Waals surface area contributed by atoms with Crippen LogP contribution in [-0.4, -0.2) is 31.7 Å². The molecule has 1 N–H and O–H groups in total. The Morgan fingerprint density at radius 2 is 1.94 bits per heavy atom. The number of benzene rings is 1. The third-order valence-electron chi connectivity index (χ3n) is 2.16. The summed E-state index contributed by atoms with van der Waals surface area (Å²) in [4.78, 5) is 0. The predicted molar refractivity (Wildman–Crippen MR) is 67.4 cm³/mol. The number of thioether (sulfide) groups is 1. The van der Waals surface area contributed by atoms with Gasteiger partial charge < -0.3 is 14.6 Å². The van der Waals surface area contributed by atoms with E-state index in [-0.39, 0.29) is 6.61 Å². The number of aliphatic hydroxyl groups excluding tert-OH is 1. The van der Waals surface area contributed by atoms with Crippen LogP contribution in [0.4, 0.5) is 0 Å². The van der Waals surface area contributed by atoms with Crippen LogP contribution in [0, 0.1) is 0 Å². The monoisotopic (exact) mass is 242 g/mol. The minimum atomic E-state index is 0.263. The first-order valence-electron chi connectivity index (χ1n) is 5.21. The number of aliphatic hydroxyl groups is 1. The average molecular weight is 242 g/mol. The number of hydrogen-bond acceptors (Lipinski definition) is 4. The summed E-state index contributed by atoms with van der Waals surface area (Å²) in [7, 11) is 3.27. The van der Waals surface area contributed by atoms with Crippen LogP contribution in [0.1, 0.15) is 12.0 Å². The summed E-state index contributed by atoms with van der Waals surface area (Å²) in [6, 6.07) is 5.94. The van der Waals surface area contributed by atoms with Crippen LogP contribution in [0.15, 0.2) is 18.2 Å². The molecule has 1 aromatic rings. The Labute approximate surface area is 101 Å². The lowest BCUT2D eigenvalue weighted by molar-refractivity contribution is 0.296. The van der Waals surface area contributed by atoms with Gasteiger partial charge in [0.25, 0.3) is 0 Å². The lowest BCUT2D eigenvalue weighted by Gasteiger charge is -2.09. The van der Waals surface area contributed by atoms with E-state index in [1.54, 1.807) is 14.2 Å². The van der Waals surface area contributed by atoms with Gasteiger partial charge in [-0.05, 0) is 29.9 Å². The number of ether oxygens (including phenoxy) is 2. The number of methoxy groups -OCH3 is 2. The molecule has 0 unspecified atom stereocenters. The minimum Gasteiger partial charge on any atom is -0.493 e. The molecule has 3 nitrogen and oxygen atoms in total. The molecule has 0 bridgehead atoms. The Bertz CT molecular complexity index is 315. The van der Waals surface area contributed by atoms with Crippen molar-refractivity contribution in [2.45, 2.75) is 12.2 Å². The SMILES string of the molecule is COc1ccc(CSCCCO)cc1OC. The minimum absolute atomic E-state index is 0.263. The fourth-order valence-electron chi connectivity index (χ4n) is 1.33. The molecular formula is C12H18O3S. The maximum atomic E-state index is 8.66. The van der Waals surface area contributed by atoms with E-state index in [0.29, 0.717) is 0 Å². The zero-order valence-corrected chi connectivity index (χ0v) is 10.5. The van der Waals surface area contributed by atoms with E-state index in [9.17, 15) is 0 Å². The van der Waals surface area contributed by atoms with Gasteiger partial charge in [-0.3, -0.25) is 0 Å². The van der Waals surface area contributed by atoms with Crippen molar-refractivity contribution >= 4 is 11.8 Å². The first-order chi connectivity index (χ1) is 7.81. The predicted octanol–water partition coefficient (Wildman–Crippen LogP) is 2.32. The lowest BCUT2D eigenvalue weighted by Crippen LogP contribution is -1.92. The summed E-state index contributed by atoms with van der Waals surface area (Å²) in [5, 5.41) is 8.66. The number of hydrogen-bond donors (Lipinski definition) is 1. The molecule has 0 atom stereocenters. The lowest BCUT2D eigenvalue weighted by atomic mass is 10.2. The Hall–Kier alpha value is -0.870. The Kier molecular flexibility index (Phi) is 6.11. The summed E-state index contributed by atoms with van der Waals surface area (Å²) in [5.74, 6) is 3.43. The molecule has 16 heavy (non-hydrogen) atoms. The van der Waals surface area contributed by atoms with E-state index in [2.05, 4.69) is 0 Å². The van der Waals surface area contributed by atoms with Gasteiger partial charge >= 0.3 is 0 Å². The van der Waals surface area contributed by atoms with E-state index in [0.717, 1.165) is 29.4 Å². The standard InChI is InChI=1S/C12H18O3S/c1-14-11-5-4-10(8-12(11)15-2)9-16-7-3-6-13/h4-5,8,13H,3,6-7,9H2,1-2H3. The third-order valence-corrected chi connectivity index (χ3v) is 3.28. The summed E-state index contributed by atoms with van der Waals surface area (Å²) in [5.41, 5.74) is 1.21. The van der Waals surface area contributed by atoms with Crippen molar-refractivity contribution in [1.82, 2.24) is 0 Å². The summed E-state index contributed by atoms with van der Waals surface area (Å²) in [6.45, 7) is 0.263. The van der Waals surface area contributed by atoms with Crippen molar-refractivity contribution in [2.24, 2.45) is 0 Å². The van der Waals surface area contributed by atoms with Crippen molar-refractivity contribution in [1.29, 1.82) is 0 Å². The summed E-state index contributed by atoms with van der Waals surface area (Å²) >= 11 is 1.81. The highest BCUT2D eigenvalue weighted by Crippen LogP contribution is 2.29. The first-order valence-corrected chi connectivity index (χ1v) is 6.36. The molecule has 0 radical (unpaired) electrons. The molecule has 90 valence electrons. The Morgan fingerprint density at radius 3 is 2.56 bits per heavy atom. The van der Waals surface area contributed by atoms with Crippen LogP contribution in [0.2, 0.25) is 0 Å². The van der Waals surface area contributed by atoms with Crippen LogP contribution in [-0.2, 0) is 5.75 Å². The molecule has 0 fully saturated rings. The molecular weight excluding hydrogens is 224 g/mol. The van der Waals surface area contributed by atoms with E-state index in [4.69, 9.17) is 14.6 Å². The van der Waals surface area contributed by atoms with E-state index >= 15 is 0 Å². The first kappa shape index (κ1) is 13.2. The highest BCUT2D eigenvalue weighted by molar-refractivity contribution is 7.98. The van der Waals surface area contributed by atoms with Crippen LogP contribution < -0.4 is 9.47 Å². The molecule has 1 rings (SSSR count). The molecule has 0 aliphatic rings. The largest absolute Gasteiger partial charge is 0.493 e. The van der Waals surface area contributed by atoms with Crippen molar-refractivity contribution in [3.8, 4) is 11.5 Å². The molecule has 0 saturated carbocycles. The molecule has 0 amide bonds. The van der Waals surface area contributed by atoms with Gasteiger partial charge in [0.05, 0.1) is 14.2 Å². The third kappa shape index (κ3) is 3.94. The van der Waals surface area contributed by atoms with Crippen LogP contribution in [0.25, 0.3) is 0 Å². The second kappa shape index (κ2) is 7.41. The Balaban J connectivity index is 2.54. The second-order valence-corrected chi connectivity index (χ2v) is 4.42. The van der Waals surface area contributed by atoms with E-state index < -0.39 is 0 Å². The molecule has 4 heteroatoms. The fourth-order valence-corrected chi connectivity index (χ4v) is 2.22. The highest BCUT2D eigenvalue weighted by atomic mass is 32.2. The topological polar surface area (TPSA) is 38.7 Å². The van der Waals surface area contributed by atoms with Gasteiger partial charge in [0.1, 0.15) is 0 Å². The van der Waals surface area contributed by atoms with Gasteiger partial charge in [-0.15, -0.1) is 0 Å². The fraction of sp³-hybridized carbons (Fsp3) is 0.500. The zero-order chi connectivity index (χ0) is 11.8. The van der Waals surface area contributed by atoms with Crippen molar-refractivity contribution in [3.63, 3.8) is 0 Å². The van der Waals surface area contributed by atoms with Gasteiger partial charge in [0.15, 0.2) is 11.5 Å². The molecule has 0 saturated heterocycles. The zero-order valence-electron chi connectivity index (χ0n) is 9.73.